The lowest BCUT2D eigenvalue weighted by atomic mass is 9.95. The zero-order valence-corrected chi connectivity index (χ0v) is 16.0. The van der Waals surface area contributed by atoms with Crippen molar-refractivity contribution in [3.63, 3.8) is 0 Å². The molecule has 9 heteroatoms. The minimum absolute atomic E-state index is 0.0958. The maximum absolute atomic E-state index is 15.0. The lowest BCUT2D eigenvalue weighted by Crippen LogP contribution is -2.51. The van der Waals surface area contributed by atoms with Crippen LogP contribution < -0.4 is 10.0 Å². The minimum Gasteiger partial charge on any atom is -0.306 e. The molecule has 1 saturated heterocycles. The van der Waals surface area contributed by atoms with Crippen LogP contribution in [0.5, 0.6) is 0 Å². The standard InChI is InChI=1S/C19H21F4N3OS/c1-2-28(24,27)26-18-16(25-11-19(18,22)23)10-13-6-4-8-15(17(13)21)12-5-3-7-14(20)9-12/h3-9,16,18,25H,2,10-11H2,1H3,(H2,24,26,27). The smallest absolute Gasteiger partial charge is 0.277 e. The molecule has 0 amide bonds. The third-order valence-corrected chi connectivity index (χ3v) is 6.28. The third kappa shape index (κ3) is 4.37. The lowest BCUT2D eigenvalue weighted by molar-refractivity contribution is -0.000625. The maximum atomic E-state index is 15.0. The molecular weight excluding hydrogens is 394 g/mol. The van der Waals surface area contributed by atoms with Crippen LogP contribution in [0.15, 0.2) is 42.5 Å². The van der Waals surface area contributed by atoms with Gasteiger partial charge in [-0.3, -0.25) is 0 Å². The van der Waals surface area contributed by atoms with E-state index >= 15 is 4.39 Å². The molecule has 28 heavy (non-hydrogen) atoms. The largest absolute Gasteiger partial charge is 0.306 e. The summed E-state index contributed by atoms with van der Waals surface area (Å²) in [7, 11) is -3.37. The fraction of sp³-hybridized carbons (Fsp3) is 0.368. The van der Waals surface area contributed by atoms with Crippen molar-refractivity contribution in [2.24, 2.45) is 0 Å². The van der Waals surface area contributed by atoms with E-state index in [4.69, 9.17) is 4.78 Å². The SMILES string of the molecule is CCS(=N)(=O)NC1C(Cc2cccc(-c3cccc(F)c3)c2F)NCC1(F)F. The highest BCUT2D eigenvalue weighted by atomic mass is 32.2. The molecule has 2 aromatic rings. The first-order chi connectivity index (χ1) is 13.1. The first kappa shape index (κ1) is 20.8. The Morgan fingerprint density at radius 2 is 1.96 bits per heavy atom. The van der Waals surface area contributed by atoms with Crippen molar-refractivity contribution in [3.8, 4) is 11.1 Å². The van der Waals surface area contributed by atoms with Gasteiger partial charge in [0, 0.05) is 17.4 Å². The molecule has 1 aliphatic heterocycles. The summed E-state index contributed by atoms with van der Waals surface area (Å²) in [6, 6.07) is 7.55. The van der Waals surface area contributed by atoms with Gasteiger partial charge in [0.1, 0.15) is 27.6 Å². The van der Waals surface area contributed by atoms with E-state index in [1.807, 2.05) is 0 Å². The van der Waals surface area contributed by atoms with E-state index in [1.54, 1.807) is 12.1 Å². The van der Waals surface area contributed by atoms with E-state index in [9.17, 15) is 17.4 Å². The monoisotopic (exact) mass is 415 g/mol. The summed E-state index contributed by atoms with van der Waals surface area (Å²) in [5, 5.41) is 2.64. The molecule has 1 aliphatic rings. The van der Waals surface area contributed by atoms with Gasteiger partial charge < -0.3 is 5.32 Å². The molecule has 3 N–H and O–H groups in total. The van der Waals surface area contributed by atoms with Crippen LogP contribution in [-0.4, -0.2) is 34.5 Å². The highest BCUT2D eigenvalue weighted by Crippen LogP contribution is 2.31. The van der Waals surface area contributed by atoms with Crippen molar-refractivity contribution in [2.45, 2.75) is 31.4 Å². The second-order valence-electron chi connectivity index (χ2n) is 6.80. The van der Waals surface area contributed by atoms with Crippen LogP contribution in [0, 0.1) is 16.4 Å². The van der Waals surface area contributed by atoms with Gasteiger partial charge in [0.25, 0.3) is 5.92 Å². The molecule has 0 aromatic heterocycles. The number of nitrogens with one attached hydrogen (secondary N) is 3. The molecule has 3 atom stereocenters. The van der Waals surface area contributed by atoms with E-state index in [-0.39, 0.29) is 23.3 Å². The summed E-state index contributed by atoms with van der Waals surface area (Å²) in [5.74, 6) is -4.46. The van der Waals surface area contributed by atoms with Crippen LogP contribution in [0.2, 0.25) is 0 Å². The molecule has 1 heterocycles. The van der Waals surface area contributed by atoms with Gasteiger partial charge in [-0.15, -0.1) is 0 Å². The predicted molar refractivity (Wildman–Crippen MR) is 101 cm³/mol. The van der Waals surface area contributed by atoms with Crippen LogP contribution in [-0.2, 0) is 16.3 Å². The van der Waals surface area contributed by atoms with Gasteiger partial charge in [0.2, 0.25) is 0 Å². The van der Waals surface area contributed by atoms with Crippen molar-refractivity contribution in [1.29, 1.82) is 4.78 Å². The molecule has 3 rings (SSSR count). The Kier molecular flexibility index (Phi) is 5.79. The Morgan fingerprint density at radius 3 is 2.64 bits per heavy atom. The van der Waals surface area contributed by atoms with Crippen LogP contribution in [0.25, 0.3) is 11.1 Å². The van der Waals surface area contributed by atoms with Gasteiger partial charge in [-0.25, -0.2) is 31.3 Å². The summed E-state index contributed by atoms with van der Waals surface area (Å²) in [6.45, 7) is 0.819. The van der Waals surface area contributed by atoms with Gasteiger partial charge in [-0.1, -0.05) is 37.3 Å². The second kappa shape index (κ2) is 7.81. The van der Waals surface area contributed by atoms with Crippen molar-refractivity contribution >= 4 is 9.92 Å². The number of halogens is 4. The summed E-state index contributed by atoms with van der Waals surface area (Å²) in [4.78, 5) is 0. The van der Waals surface area contributed by atoms with Crippen molar-refractivity contribution in [2.75, 3.05) is 12.3 Å². The van der Waals surface area contributed by atoms with E-state index < -0.39 is 46.1 Å². The number of benzene rings is 2. The summed E-state index contributed by atoms with van der Waals surface area (Å²) in [5.41, 5.74) is 0.694. The van der Waals surface area contributed by atoms with E-state index in [1.165, 1.54) is 37.3 Å². The fourth-order valence-electron chi connectivity index (χ4n) is 3.29. The molecule has 0 aliphatic carbocycles. The quantitative estimate of drug-likeness (QED) is 0.630. The number of alkyl halides is 2. The minimum atomic E-state index is -3.37. The highest BCUT2D eigenvalue weighted by molar-refractivity contribution is 7.90. The molecule has 3 unspecified atom stereocenters. The molecule has 0 spiro atoms. The van der Waals surface area contributed by atoms with E-state index in [0.717, 1.165) is 0 Å². The summed E-state index contributed by atoms with van der Waals surface area (Å²) in [6.07, 6.45) is -0.0958. The Morgan fingerprint density at radius 1 is 1.25 bits per heavy atom. The first-order valence-corrected chi connectivity index (χ1v) is 10.5. The van der Waals surface area contributed by atoms with E-state index in [2.05, 4.69) is 10.0 Å². The summed E-state index contributed by atoms with van der Waals surface area (Å²) >= 11 is 0. The van der Waals surface area contributed by atoms with Crippen molar-refractivity contribution < 1.29 is 21.8 Å². The summed E-state index contributed by atoms with van der Waals surface area (Å²) < 4.78 is 78.9. The molecule has 0 bridgehead atoms. The molecule has 152 valence electrons. The van der Waals surface area contributed by atoms with Gasteiger partial charge in [0.15, 0.2) is 0 Å². The number of hydrogen-bond acceptors (Lipinski definition) is 3. The molecule has 2 aromatic carbocycles. The maximum Gasteiger partial charge on any atom is 0.277 e. The van der Waals surface area contributed by atoms with Crippen LogP contribution in [0.4, 0.5) is 17.6 Å². The van der Waals surface area contributed by atoms with Crippen LogP contribution in [0.3, 0.4) is 0 Å². The normalized spacial score (nSPS) is 23.5. The number of hydrogen-bond donors (Lipinski definition) is 3. The topological polar surface area (TPSA) is 65.0 Å². The Balaban J connectivity index is 1.90. The molecule has 4 nitrogen and oxygen atoms in total. The zero-order valence-electron chi connectivity index (χ0n) is 15.1. The first-order valence-electron chi connectivity index (χ1n) is 8.81. The van der Waals surface area contributed by atoms with Crippen molar-refractivity contribution in [1.82, 2.24) is 10.0 Å². The lowest BCUT2D eigenvalue weighted by Gasteiger charge is -2.25. The Bertz CT molecular complexity index is 965. The van der Waals surface area contributed by atoms with Gasteiger partial charge >= 0.3 is 0 Å². The van der Waals surface area contributed by atoms with Gasteiger partial charge in [-0.05, 0) is 29.7 Å². The average Bonchev–Trinajstić information content (AvgIpc) is 2.91. The third-order valence-electron chi connectivity index (χ3n) is 4.84. The van der Waals surface area contributed by atoms with Gasteiger partial charge in [-0.2, -0.15) is 0 Å². The number of rotatable bonds is 6. The van der Waals surface area contributed by atoms with Gasteiger partial charge in [0.05, 0.1) is 6.54 Å². The second-order valence-corrected chi connectivity index (χ2v) is 8.96. The predicted octanol–water partition coefficient (Wildman–Crippen LogP) is 3.72. The fourth-order valence-corrected chi connectivity index (χ4v) is 4.20. The van der Waals surface area contributed by atoms with Crippen LogP contribution >= 0.6 is 0 Å². The van der Waals surface area contributed by atoms with E-state index in [0.29, 0.717) is 5.56 Å². The molecule has 0 radical (unpaired) electrons. The Hall–Kier alpha value is -1.97. The molecular formula is C19H21F4N3OS. The van der Waals surface area contributed by atoms with Crippen molar-refractivity contribution in [3.05, 3.63) is 59.7 Å². The Labute approximate surface area is 161 Å². The highest BCUT2D eigenvalue weighted by Gasteiger charge is 2.51. The molecule has 1 fully saturated rings. The molecule has 0 saturated carbocycles. The average molecular weight is 415 g/mol. The zero-order chi connectivity index (χ0) is 20.5. The van der Waals surface area contributed by atoms with Crippen LogP contribution in [0.1, 0.15) is 12.5 Å².